The van der Waals surface area contributed by atoms with Gasteiger partial charge in [0, 0.05) is 11.1 Å². The number of fused-ring (bicyclic) bond motifs is 1. The number of benzene rings is 3. The van der Waals surface area contributed by atoms with Crippen LogP contribution in [0.5, 0.6) is 5.75 Å². The molecule has 0 bridgehead atoms. The Balaban J connectivity index is 1.87. The van der Waals surface area contributed by atoms with Crippen molar-refractivity contribution >= 4 is 16.8 Å². The van der Waals surface area contributed by atoms with E-state index in [9.17, 15) is 9.59 Å². The highest BCUT2D eigenvalue weighted by Gasteiger charge is 2.24. The molecule has 0 unspecified atom stereocenters. The first kappa shape index (κ1) is 20.6. The highest BCUT2D eigenvalue weighted by Crippen LogP contribution is 2.32. The van der Waals surface area contributed by atoms with E-state index in [4.69, 9.17) is 9.15 Å². The van der Waals surface area contributed by atoms with Crippen molar-refractivity contribution < 1.29 is 13.9 Å². The van der Waals surface area contributed by atoms with Crippen LogP contribution in [0.1, 0.15) is 34.0 Å². The summed E-state index contributed by atoms with van der Waals surface area (Å²) in [7, 11) is 0. The fraction of sp³-hybridized carbons (Fsp3) is 0.185. The van der Waals surface area contributed by atoms with Crippen LogP contribution >= 0.6 is 0 Å². The maximum atomic E-state index is 13.5. The average Bonchev–Trinajstić information content (AvgIpc) is 2.77. The second kappa shape index (κ2) is 8.23. The van der Waals surface area contributed by atoms with Gasteiger partial charge >= 0.3 is 0 Å². The maximum Gasteiger partial charge on any atom is 0.235 e. The Hall–Kier alpha value is -3.66. The lowest BCUT2D eigenvalue weighted by Gasteiger charge is -2.17. The van der Waals surface area contributed by atoms with Gasteiger partial charge in [-0.2, -0.15) is 0 Å². The predicted molar refractivity (Wildman–Crippen MR) is 123 cm³/mol. The zero-order valence-electron chi connectivity index (χ0n) is 18.1. The Morgan fingerprint density at radius 1 is 0.903 bits per heavy atom. The van der Waals surface area contributed by atoms with E-state index in [2.05, 4.69) is 0 Å². The molecule has 4 rings (SSSR count). The first-order chi connectivity index (χ1) is 14.8. The molecule has 156 valence electrons. The second-order valence-corrected chi connectivity index (χ2v) is 7.88. The minimum Gasteiger partial charge on any atom is -0.475 e. The molecular weight excluding hydrogens is 388 g/mol. The van der Waals surface area contributed by atoms with Gasteiger partial charge in [0.2, 0.25) is 17.0 Å². The molecule has 0 N–H and O–H groups in total. The van der Waals surface area contributed by atoms with Crippen LogP contribution in [0.2, 0.25) is 0 Å². The van der Waals surface area contributed by atoms with Crippen LogP contribution in [0, 0.1) is 20.8 Å². The van der Waals surface area contributed by atoms with Crippen molar-refractivity contribution in [3.8, 4) is 17.1 Å². The van der Waals surface area contributed by atoms with Crippen LogP contribution in [0.3, 0.4) is 0 Å². The minimum absolute atomic E-state index is 0.0522. The SMILES string of the molecule is Cc1ccc(-c2oc3cc(C)c(C)cc3c(=O)c2O[C@H](C)C(=O)c2ccccc2)cc1. The molecule has 31 heavy (non-hydrogen) atoms. The number of rotatable bonds is 5. The summed E-state index contributed by atoms with van der Waals surface area (Å²) in [5.74, 6) is 0.180. The van der Waals surface area contributed by atoms with Crippen molar-refractivity contribution in [3.63, 3.8) is 0 Å². The van der Waals surface area contributed by atoms with Crippen LogP contribution in [-0.2, 0) is 0 Å². The molecule has 0 saturated heterocycles. The average molecular weight is 412 g/mol. The Kier molecular flexibility index (Phi) is 5.47. The molecule has 0 aliphatic rings. The van der Waals surface area contributed by atoms with Gasteiger partial charge in [0.05, 0.1) is 5.39 Å². The van der Waals surface area contributed by atoms with Crippen LogP contribution < -0.4 is 10.2 Å². The molecule has 0 saturated carbocycles. The van der Waals surface area contributed by atoms with Gasteiger partial charge in [-0.3, -0.25) is 9.59 Å². The number of carbonyl (C=O) groups is 1. The highest BCUT2D eigenvalue weighted by atomic mass is 16.5. The van der Waals surface area contributed by atoms with Crippen molar-refractivity contribution in [2.45, 2.75) is 33.8 Å². The first-order valence-electron chi connectivity index (χ1n) is 10.3. The van der Waals surface area contributed by atoms with Gasteiger partial charge in [0.25, 0.3) is 0 Å². The molecule has 0 amide bonds. The monoisotopic (exact) mass is 412 g/mol. The van der Waals surface area contributed by atoms with Gasteiger partial charge in [-0.05, 0) is 51.0 Å². The molecule has 1 atom stereocenters. The lowest BCUT2D eigenvalue weighted by molar-refractivity contribution is 0.0815. The van der Waals surface area contributed by atoms with Crippen LogP contribution in [0.15, 0.2) is 75.9 Å². The van der Waals surface area contributed by atoms with E-state index in [1.165, 1.54) is 0 Å². The Labute approximate surface area is 181 Å². The molecule has 1 heterocycles. The van der Waals surface area contributed by atoms with Gasteiger partial charge in [0.1, 0.15) is 5.58 Å². The van der Waals surface area contributed by atoms with Gasteiger partial charge in [0.15, 0.2) is 11.9 Å². The van der Waals surface area contributed by atoms with Crippen molar-refractivity contribution in [1.82, 2.24) is 0 Å². The zero-order valence-corrected chi connectivity index (χ0v) is 18.1. The van der Waals surface area contributed by atoms with Crippen molar-refractivity contribution in [1.29, 1.82) is 0 Å². The van der Waals surface area contributed by atoms with Crippen molar-refractivity contribution in [2.24, 2.45) is 0 Å². The molecule has 0 fully saturated rings. The van der Waals surface area contributed by atoms with E-state index >= 15 is 0 Å². The molecule has 3 aromatic carbocycles. The summed E-state index contributed by atoms with van der Waals surface area (Å²) < 4.78 is 12.2. The smallest absolute Gasteiger partial charge is 0.235 e. The number of Topliss-reactive ketones (excluding diaryl/α,β-unsaturated/α-hetero) is 1. The normalized spacial score (nSPS) is 12.0. The molecule has 1 aromatic heterocycles. The van der Waals surface area contributed by atoms with Gasteiger partial charge in [-0.1, -0.05) is 60.2 Å². The summed E-state index contributed by atoms with van der Waals surface area (Å²) in [6, 6.07) is 20.3. The van der Waals surface area contributed by atoms with E-state index in [1.807, 2.05) is 63.2 Å². The van der Waals surface area contributed by atoms with Gasteiger partial charge in [-0.25, -0.2) is 0 Å². The van der Waals surface area contributed by atoms with Crippen LogP contribution in [-0.4, -0.2) is 11.9 Å². The summed E-state index contributed by atoms with van der Waals surface area (Å²) in [6.45, 7) is 7.57. The molecule has 4 heteroatoms. The van der Waals surface area contributed by atoms with E-state index < -0.39 is 6.10 Å². The molecule has 4 nitrogen and oxygen atoms in total. The first-order valence-corrected chi connectivity index (χ1v) is 10.3. The third-order valence-corrected chi connectivity index (χ3v) is 5.50. The Morgan fingerprint density at radius 3 is 2.23 bits per heavy atom. The van der Waals surface area contributed by atoms with Gasteiger partial charge in [-0.15, -0.1) is 0 Å². The number of carbonyl (C=O) groups excluding carboxylic acids is 1. The third-order valence-electron chi connectivity index (χ3n) is 5.50. The summed E-state index contributed by atoms with van der Waals surface area (Å²) in [6.07, 6.45) is -0.849. The second-order valence-electron chi connectivity index (χ2n) is 7.88. The topological polar surface area (TPSA) is 56.5 Å². The van der Waals surface area contributed by atoms with E-state index in [1.54, 1.807) is 31.2 Å². The van der Waals surface area contributed by atoms with Gasteiger partial charge < -0.3 is 9.15 Å². The Bertz CT molecular complexity index is 1320. The maximum absolute atomic E-state index is 13.5. The third kappa shape index (κ3) is 4.02. The predicted octanol–water partition coefficient (Wildman–Crippen LogP) is 6.04. The standard InChI is InChI=1S/C27H24O4/c1-16-10-12-21(13-11-16)26-27(30-19(4)24(28)20-8-6-5-7-9-20)25(29)22-14-17(2)18(3)15-23(22)31-26/h5-15,19H,1-4H3/t19-/m1/s1. The summed E-state index contributed by atoms with van der Waals surface area (Å²) in [5, 5.41) is 0.438. The fourth-order valence-electron chi connectivity index (χ4n) is 3.50. The molecule has 0 radical (unpaired) electrons. The number of aryl methyl sites for hydroxylation is 3. The Morgan fingerprint density at radius 2 is 1.55 bits per heavy atom. The lowest BCUT2D eigenvalue weighted by atomic mass is 10.0. The summed E-state index contributed by atoms with van der Waals surface area (Å²) >= 11 is 0. The summed E-state index contributed by atoms with van der Waals surface area (Å²) in [5.41, 5.74) is 4.58. The van der Waals surface area contributed by atoms with E-state index in [0.29, 0.717) is 22.3 Å². The molecule has 0 spiro atoms. The van der Waals surface area contributed by atoms with Crippen molar-refractivity contribution in [2.75, 3.05) is 0 Å². The minimum atomic E-state index is -0.849. The fourth-order valence-corrected chi connectivity index (χ4v) is 3.50. The molecular formula is C27H24O4. The molecule has 0 aliphatic carbocycles. The van der Waals surface area contributed by atoms with Crippen LogP contribution in [0.25, 0.3) is 22.3 Å². The van der Waals surface area contributed by atoms with Crippen molar-refractivity contribution in [3.05, 3.63) is 99.2 Å². The van der Waals surface area contributed by atoms with Crippen LogP contribution in [0.4, 0.5) is 0 Å². The van der Waals surface area contributed by atoms with E-state index in [0.717, 1.165) is 22.3 Å². The lowest BCUT2D eigenvalue weighted by Crippen LogP contribution is -2.26. The number of ether oxygens (including phenoxy) is 1. The highest BCUT2D eigenvalue weighted by molar-refractivity contribution is 5.99. The quantitative estimate of drug-likeness (QED) is 0.375. The molecule has 4 aromatic rings. The zero-order chi connectivity index (χ0) is 22.1. The number of hydrogen-bond donors (Lipinski definition) is 0. The van der Waals surface area contributed by atoms with E-state index in [-0.39, 0.29) is 17.0 Å². The largest absolute Gasteiger partial charge is 0.475 e. The molecule has 0 aliphatic heterocycles. The number of hydrogen-bond acceptors (Lipinski definition) is 4. The number of ketones is 1. The summed E-state index contributed by atoms with van der Waals surface area (Å²) in [4.78, 5) is 26.3.